The molecule has 0 saturated carbocycles. The molecular weight excluding hydrogens is 404 g/mol. The lowest BCUT2D eigenvalue weighted by atomic mass is 10.4. The largest absolute Gasteiger partial charge is 0.382 e. The van der Waals surface area contributed by atoms with Crippen molar-refractivity contribution in [3.05, 3.63) is 39.5 Å². The van der Waals surface area contributed by atoms with Crippen molar-refractivity contribution in [3.8, 4) is 0 Å². The second-order valence-electron chi connectivity index (χ2n) is 3.80. The Morgan fingerprint density at radius 1 is 0.783 bits per heavy atom. The van der Waals surface area contributed by atoms with E-state index in [9.17, 15) is 22.0 Å². The summed E-state index contributed by atoms with van der Waals surface area (Å²) in [5.41, 5.74) is 5.30. The molecule has 0 aliphatic rings. The van der Waals surface area contributed by atoms with E-state index in [1.54, 1.807) is 0 Å². The minimum atomic E-state index is -1.66. The number of pyridine rings is 2. The molecule has 2 aromatic heterocycles. The van der Waals surface area contributed by atoms with E-state index in [-0.39, 0.29) is 15.0 Å². The van der Waals surface area contributed by atoms with Crippen LogP contribution in [0.3, 0.4) is 0 Å². The monoisotopic (exact) mass is 407 g/mol. The molecule has 0 bridgehead atoms. The van der Waals surface area contributed by atoms with Crippen molar-refractivity contribution in [2.45, 2.75) is 9.79 Å². The highest BCUT2D eigenvalue weighted by atomic mass is 35.5. The van der Waals surface area contributed by atoms with Crippen molar-refractivity contribution in [1.82, 2.24) is 9.97 Å². The number of thioether (sulfide) groups is 2. The summed E-state index contributed by atoms with van der Waals surface area (Å²) in [5, 5.41) is -1.24. The number of nitrogens with two attached hydrogens (primary N) is 1. The van der Waals surface area contributed by atoms with Gasteiger partial charge >= 0.3 is 0 Å². The van der Waals surface area contributed by atoms with Crippen molar-refractivity contribution in [1.29, 1.82) is 0 Å². The van der Waals surface area contributed by atoms with Gasteiger partial charge in [-0.05, 0) is 0 Å². The standard InChI is InChI=1S/C11H4Cl2F5N3S2/c12-2-6(4(14)9(17)20-8(2)16)22-1-23-7-3(13)11(19)21-10(18)5(7)15/h1H2,(H2,19,21). The van der Waals surface area contributed by atoms with Crippen LogP contribution in [0.1, 0.15) is 0 Å². The van der Waals surface area contributed by atoms with Gasteiger partial charge in [0.05, 0.1) is 14.8 Å². The molecule has 124 valence electrons. The maximum atomic E-state index is 13.6. The number of nitrogen functional groups attached to an aromatic ring is 1. The number of anilines is 1. The second kappa shape index (κ2) is 7.29. The number of halogens is 7. The van der Waals surface area contributed by atoms with Gasteiger partial charge in [-0.3, -0.25) is 0 Å². The van der Waals surface area contributed by atoms with E-state index in [0.717, 1.165) is 0 Å². The SMILES string of the molecule is Nc1nc(F)c(F)c(SCSc2c(F)c(F)nc(F)c2Cl)c1Cl. The minimum absolute atomic E-state index is 0.195. The van der Waals surface area contributed by atoms with Crippen LogP contribution in [0.25, 0.3) is 0 Å². The number of hydrogen-bond donors (Lipinski definition) is 1. The van der Waals surface area contributed by atoms with Crippen molar-refractivity contribution < 1.29 is 22.0 Å². The maximum Gasteiger partial charge on any atom is 0.252 e. The first-order valence-corrected chi connectivity index (χ1v) is 8.22. The molecule has 0 aliphatic carbocycles. The molecule has 23 heavy (non-hydrogen) atoms. The van der Waals surface area contributed by atoms with Gasteiger partial charge in [0.15, 0.2) is 11.6 Å². The summed E-state index contributed by atoms with van der Waals surface area (Å²) >= 11 is 12.4. The summed E-state index contributed by atoms with van der Waals surface area (Å²) in [4.78, 5) is 4.76. The third kappa shape index (κ3) is 3.76. The van der Waals surface area contributed by atoms with E-state index in [1.807, 2.05) is 0 Å². The molecule has 0 spiro atoms. The van der Waals surface area contributed by atoms with E-state index < -0.39 is 45.2 Å². The Hall–Kier alpha value is -0.970. The number of nitrogens with zero attached hydrogens (tertiary/aromatic N) is 2. The van der Waals surface area contributed by atoms with Crippen LogP contribution in [0.2, 0.25) is 10.0 Å². The summed E-state index contributed by atoms with van der Waals surface area (Å²) in [6.07, 6.45) is 0. The molecule has 2 N–H and O–H groups in total. The Bertz CT molecular complexity index is 662. The predicted molar refractivity (Wildman–Crippen MR) is 79.3 cm³/mol. The average molecular weight is 408 g/mol. The van der Waals surface area contributed by atoms with Gasteiger partial charge in [-0.2, -0.15) is 23.1 Å². The zero-order valence-corrected chi connectivity index (χ0v) is 13.8. The van der Waals surface area contributed by atoms with Gasteiger partial charge in [-0.25, -0.2) is 8.78 Å². The van der Waals surface area contributed by atoms with E-state index in [4.69, 9.17) is 28.9 Å². The Kier molecular flexibility index (Phi) is 5.82. The van der Waals surface area contributed by atoms with Crippen molar-refractivity contribution in [3.63, 3.8) is 0 Å². The molecule has 0 amide bonds. The summed E-state index contributed by atoms with van der Waals surface area (Å²) in [5.74, 6) is -7.72. The highest BCUT2D eigenvalue weighted by Gasteiger charge is 2.21. The van der Waals surface area contributed by atoms with Crippen LogP contribution in [0, 0.1) is 29.5 Å². The number of rotatable bonds is 4. The molecule has 2 aromatic rings. The van der Waals surface area contributed by atoms with Gasteiger partial charge in [0.2, 0.25) is 5.95 Å². The fourth-order valence-electron chi connectivity index (χ4n) is 1.38. The van der Waals surface area contributed by atoms with Crippen LogP contribution in [0.15, 0.2) is 9.79 Å². The van der Waals surface area contributed by atoms with Crippen LogP contribution in [-0.4, -0.2) is 15.1 Å². The average Bonchev–Trinajstić information content (AvgIpc) is 2.49. The summed E-state index contributed by atoms with van der Waals surface area (Å²) in [6, 6.07) is 0. The van der Waals surface area contributed by atoms with Crippen molar-refractivity contribution >= 4 is 52.5 Å². The zero-order valence-electron chi connectivity index (χ0n) is 10.6. The zero-order chi connectivity index (χ0) is 17.3. The summed E-state index contributed by atoms with van der Waals surface area (Å²) in [7, 11) is 0. The molecule has 0 unspecified atom stereocenters. The predicted octanol–water partition coefficient (Wildman–Crippen LogP) is 4.90. The van der Waals surface area contributed by atoms with Crippen LogP contribution in [0.4, 0.5) is 27.8 Å². The van der Waals surface area contributed by atoms with Crippen LogP contribution in [-0.2, 0) is 0 Å². The minimum Gasteiger partial charge on any atom is -0.382 e. The molecular formula is C11H4Cl2F5N3S2. The van der Waals surface area contributed by atoms with E-state index in [0.29, 0.717) is 23.5 Å². The lowest BCUT2D eigenvalue weighted by molar-refractivity contribution is 0.432. The van der Waals surface area contributed by atoms with E-state index in [2.05, 4.69) is 9.97 Å². The third-order valence-electron chi connectivity index (χ3n) is 2.39. The lowest BCUT2D eigenvalue weighted by Gasteiger charge is -2.09. The molecule has 2 heterocycles. The quantitative estimate of drug-likeness (QED) is 0.338. The van der Waals surface area contributed by atoms with Crippen LogP contribution in [0.5, 0.6) is 0 Å². The molecule has 0 aromatic carbocycles. The molecule has 12 heteroatoms. The van der Waals surface area contributed by atoms with Crippen molar-refractivity contribution in [2.24, 2.45) is 0 Å². The normalized spacial score (nSPS) is 11.1. The smallest absolute Gasteiger partial charge is 0.252 e. The maximum absolute atomic E-state index is 13.6. The first-order valence-electron chi connectivity index (χ1n) is 5.49. The van der Waals surface area contributed by atoms with Gasteiger partial charge in [-0.1, -0.05) is 23.2 Å². The molecule has 2 rings (SSSR count). The fourth-order valence-corrected chi connectivity index (χ4v) is 4.00. The van der Waals surface area contributed by atoms with Crippen LogP contribution >= 0.6 is 46.7 Å². The molecule has 3 nitrogen and oxygen atoms in total. The van der Waals surface area contributed by atoms with Gasteiger partial charge in [0.25, 0.3) is 11.9 Å². The van der Waals surface area contributed by atoms with Crippen molar-refractivity contribution in [2.75, 3.05) is 10.8 Å². The number of hydrogen-bond acceptors (Lipinski definition) is 5. The van der Waals surface area contributed by atoms with Crippen LogP contribution < -0.4 is 5.73 Å². The molecule has 0 saturated heterocycles. The van der Waals surface area contributed by atoms with Gasteiger partial charge < -0.3 is 5.73 Å². The Morgan fingerprint density at radius 2 is 1.26 bits per heavy atom. The van der Waals surface area contributed by atoms with Gasteiger partial charge in [0, 0.05) is 5.08 Å². The highest BCUT2D eigenvalue weighted by molar-refractivity contribution is 8.16. The Morgan fingerprint density at radius 3 is 1.83 bits per heavy atom. The molecule has 0 atom stereocenters. The highest BCUT2D eigenvalue weighted by Crippen LogP contribution is 2.39. The van der Waals surface area contributed by atoms with E-state index >= 15 is 0 Å². The van der Waals surface area contributed by atoms with Gasteiger partial charge in [0.1, 0.15) is 10.8 Å². The Labute approximate surface area is 144 Å². The first kappa shape index (κ1) is 18.4. The second-order valence-corrected chi connectivity index (χ2v) is 6.89. The molecule has 0 fully saturated rings. The first-order chi connectivity index (χ1) is 10.7. The fraction of sp³-hybridized carbons (Fsp3) is 0.0909. The molecule has 0 radical (unpaired) electrons. The lowest BCUT2D eigenvalue weighted by Crippen LogP contribution is -2.01. The third-order valence-corrected chi connectivity index (χ3v) is 5.63. The van der Waals surface area contributed by atoms with Gasteiger partial charge in [-0.15, -0.1) is 23.5 Å². The summed E-state index contributed by atoms with van der Waals surface area (Å²) < 4.78 is 66.6. The topological polar surface area (TPSA) is 51.8 Å². The Balaban J connectivity index is 2.22. The summed E-state index contributed by atoms with van der Waals surface area (Å²) in [6.45, 7) is 0. The van der Waals surface area contributed by atoms with E-state index in [1.165, 1.54) is 0 Å². The number of aromatic nitrogens is 2. The molecule has 0 aliphatic heterocycles.